The van der Waals surface area contributed by atoms with E-state index in [9.17, 15) is 13.2 Å². The van der Waals surface area contributed by atoms with Crippen molar-refractivity contribution in [1.82, 2.24) is 4.90 Å². The quantitative estimate of drug-likeness (QED) is 0.843. The van der Waals surface area contributed by atoms with Crippen LogP contribution in [0.1, 0.15) is 6.42 Å². The van der Waals surface area contributed by atoms with Gasteiger partial charge in [0.1, 0.15) is 0 Å². The van der Waals surface area contributed by atoms with Gasteiger partial charge in [-0.05, 0) is 30.7 Å². The molecule has 2 aromatic carbocycles. The van der Waals surface area contributed by atoms with Crippen molar-refractivity contribution in [3.63, 3.8) is 0 Å². The Balaban J connectivity index is 1.69. The summed E-state index contributed by atoms with van der Waals surface area (Å²) >= 11 is 0. The lowest BCUT2D eigenvalue weighted by atomic mass is 10.2. The molecule has 2 atom stereocenters. The first-order valence-corrected chi connectivity index (χ1v) is 9.70. The Morgan fingerprint density at radius 1 is 0.958 bits per heavy atom. The van der Waals surface area contributed by atoms with Crippen LogP contribution < -0.4 is 4.90 Å². The maximum Gasteiger partial charge on any atom is 0.329 e. The fourth-order valence-electron chi connectivity index (χ4n) is 3.58. The summed E-state index contributed by atoms with van der Waals surface area (Å²) in [7, 11) is -3.02. The number of hydrogen-bond acceptors (Lipinski definition) is 3. The number of rotatable bonds is 2. The van der Waals surface area contributed by atoms with Gasteiger partial charge >= 0.3 is 6.03 Å². The van der Waals surface area contributed by atoms with E-state index < -0.39 is 15.1 Å². The maximum absolute atomic E-state index is 13.2. The molecule has 2 aliphatic heterocycles. The summed E-state index contributed by atoms with van der Waals surface area (Å²) in [5, 5.41) is -0.403. The molecule has 2 amide bonds. The van der Waals surface area contributed by atoms with Crippen LogP contribution >= 0.6 is 0 Å². The summed E-state index contributed by atoms with van der Waals surface area (Å²) in [5.74, 6) is 0.0842. The smallest absolute Gasteiger partial charge is 0.319 e. The van der Waals surface area contributed by atoms with Gasteiger partial charge in [-0.3, -0.25) is 4.90 Å². The van der Waals surface area contributed by atoms with Crippen molar-refractivity contribution >= 4 is 27.2 Å². The molecule has 0 aliphatic carbocycles. The summed E-state index contributed by atoms with van der Waals surface area (Å²) < 4.78 is 23.9. The third-order valence-electron chi connectivity index (χ3n) is 4.77. The first kappa shape index (κ1) is 15.2. The average molecular weight is 342 g/mol. The summed E-state index contributed by atoms with van der Waals surface area (Å²) in [5.41, 5.74) is 1.55. The molecule has 2 aromatic rings. The van der Waals surface area contributed by atoms with Gasteiger partial charge in [-0.1, -0.05) is 36.4 Å². The molecule has 124 valence electrons. The van der Waals surface area contributed by atoms with Crippen LogP contribution in [0.4, 0.5) is 16.2 Å². The molecule has 2 unspecified atom stereocenters. The number of carbonyl (C=O) groups is 1. The van der Waals surface area contributed by atoms with Crippen molar-refractivity contribution in [3.8, 4) is 0 Å². The van der Waals surface area contributed by atoms with Gasteiger partial charge in [0.25, 0.3) is 0 Å². The van der Waals surface area contributed by atoms with Crippen molar-refractivity contribution in [2.75, 3.05) is 17.2 Å². The zero-order chi connectivity index (χ0) is 16.7. The van der Waals surface area contributed by atoms with Crippen molar-refractivity contribution in [1.29, 1.82) is 0 Å². The molecule has 6 heteroatoms. The predicted octanol–water partition coefficient (Wildman–Crippen LogP) is 2.82. The van der Waals surface area contributed by atoms with Crippen LogP contribution in [-0.4, -0.2) is 42.9 Å². The fourth-order valence-corrected chi connectivity index (χ4v) is 5.61. The molecular weight excluding hydrogens is 324 g/mol. The van der Waals surface area contributed by atoms with Gasteiger partial charge in [0.15, 0.2) is 9.84 Å². The van der Waals surface area contributed by atoms with E-state index in [-0.39, 0.29) is 17.8 Å². The summed E-state index contributed by atoms with van der Waals surface area (Å²) in [6, 6.07) is 18.5. The molecule has 24 heavy (non-hydrogen) atoms. The number of sulfone groups is 1. The van der Waals surface area contributed by atoms with Crippen molar-refractivity contribution < 1.29 is 13.2 Å². The van der Waals surface area contributed by atoms with E-state index in [1.165, 1.54) is 0 Å². The number of anilines is 2. The Morgan fingerprint density at radius 2 is 1.50 bits per heavy atom. The summed E-state index contributed by atoms with van der Waals surface area (Å²) in [6.45, 7) is 0.294. The monoisotopic (exact) mass is 342 g/mol. The van der Waals surface area contributed by atoms with Crippen LogP contribution in [0.25, 0.3) is 0 Å². The van der Waals surface area contributed by atoms with Gasteiger partial charge in [0.05, 0.1) is 22.4 Å². The van der Waals surface area contributed by atoms with Crippen LogP contribution in [-0.2, 0) is 9.84 Å². The second-order valence-corrected chi connectivity index (χ2v) is 8.61. The molecule has 2 saturated heterocycles. The van der Waals surface area contributed by atoms with Crippen LogP contribution in [0.2, 0.25) is 0 Å². The van der Waals surface area contributed by atoms with E-state index >= 15 is 0 Å². The Morgan fingerprint density at radius 3 is 1.92 bits per heavy atom. The Hall–Kier alpha value is -2.34. The molecule has 0 aromatic heterocycles. The number of hydrogen-bond donors (Lipinski definition) is 0. The third-order valence-corrected chi connectivity index (χ3v) is 6.98. The standard InChI is InChI=1S/C18H18N2O3S/c21-18(19-12-17-11-16(19)13-24(17,22)23)20(14-7-3-1-4-8-14)15-9-5-2-6-10-15/h1-10,16-17H,11-13H2. The lowest BCUT2D eigenvalue weighted by molar-refractivity contribution is 0.205. The highest BCUT2D eigenvalue weighted by Crippen LogP contribution is 2.36. The second kappa shape index (κ2) is 5.63. The highest BCUT2D eigenvalue weighted by atomic mass is 32.2. The minimum atomic E-state index is -3.02. The van der Waals surface area contributed by atoms with Crippen molar-refractivity contribution in [2.24, 2.45) is 0 Å². The van der Waals surface area contributed by atoms with E-state index in [4.69, 9.17) is 0 Å². The lowest BCUT2D eigenvalue weighted by Crippen LogP contribution is -2.49. The minimum Gasteiger partial charge on any atom is -0.319 e. The Labute approximate surface area is 141 Å². The van der Waals surface area contributed by atoms with Crippen molar-refractivity contribution in [3.05, 3.63) is 60.7 Å². The highest BCUT2D eigenvalue weighted by molar-refractivity contribution is 7.92. The minimum absolute atomic E-state index is 0.0842. The Bertz CT molecular complexity index is 813. The van der Waals surface area contributed by atoms with Gasteiger partial charge in [-0.2, -0.15) is 0 Å². The van der Waals surface area contributed by atoms with Crippen LogP contribution in [0.15, 0.2) is 60.7 Å². The molecule has 2 heterocycles. The van der Waals surface area contributed by atoms with Gasteiger partial charge in [-0.15, -0.1) is 0 Å². The van der Waals surface area contributed by atoms with Gasteiger partial charge in [0.2, 0.25) is 0 Å². The van der Waals surface area contributed by atoms with Crippen LogP contribution in [0.3, 0.4) is 0 Å². The SMILES string of the molecule is O=C(N(c1ccccc1)c1ccccc1)N1CC2CC1CS2(=O)=O. The summed E-state index contributed by atoms with van der Waals surface area (Å²) in [6.07, 6.45) is 0.561. The molecule has 5 nitrogen and oxygen atoms in total. The van der Waals surface area contributed by atoms with Gasteiger partial charge in [0, 0.05) is 12.6 Å². The van der Waals surface area contributed by atoms with Crippen molar-refractivity contribution in [2.45, 2.75) is 17.7 Å². The molecule has 0 N–H and O–H groups in total. The van der Waals surface area contributed by atoms with Gasteiger partial charge in [-0.25, -0.2) is 13.2 Å². The fraction of sp³-hybridized carbons (Fsp3) is 0.278. The lowest BCUT2D eigenvalue weighted by Gasteiger charge is -2.33. The highest BCUT2D eigenvalue weighted by Gasteiger charge is 2.51. The number of amides is 2. The number of carbonyl (C=O) groups excluding carboxylic acids is 1. The molecule has 4 rings (SSSR count). The number of para-hydroxylation sites is 2. The molecule has 2 bridgehead atoms. The molecular formula is C18H18N2O3S. The first-order chi connectivity index (χ1) is 11.6. The van der Waals surface area contributed by atoms with Gasteiger partial charge < -0.3 is 4.90 Å². The van der Waals surface area contributed by atoms with E-state index in [1.54, 1.807) is 9.80 Å². The number of fused-ring (bicyclic) bond motifs is 2. The average Bonchev–Trinajstić information content (AvgIpc) is 3.13. The topological polar surface area (TPSA) is 57.7 Å². The first-order valence-electron chi connectivity index (χ1n) is 7.99. The number of benzene rings is 2. The second-order valence-electron chi connectivity index (χ2n) is 6.28. The normalized spacial score (nSPS) is 24.1. The molecule has 0 radical (unpaired) electrons. The van der Waals surface area contributed by atoms with E-state index in [0.717, 1.165) is 11.4 Å². The summed E-state index contributed by atoms with van der Waals surface area (Å²) in [4.78, 5) is 16.6. The van der Waals surface area contributed by atoms with E-state index in [1.807, 2.05) is 60.7 Å². The number of nitrogens with zero attached hydrogens (tertiary/aromatic N) is 2. The zero-order valence-corrected chi connectivity index (χ0v) is 13.9. The largest absolute Gasteiger partial charge is 0.329 e. The zero-order valence-electron chi connectivity index (χ0n) is 13.1. The van der Waals surface area contributed by atoms with Crippen LogP contribution in [0, 0.1) is 0 Å². The molecule has 0 spiro atoms. The molecule has 2 fully saturated rings. The number of urea groups is 1. The number of likely N-dealkylation sites (tertiary alicyclic amines) is 1. The Kier molecular flexibility index (Phi) is 3.57. The maximum atomic E-state index is 13.2. The predicted molar refractivity (Wildman–Crippen MR) is 93.1 cm³/mol. The van der Waals surface area contributed by atoms with E-state index in [0.29, 0.717) is 13.0 Å². The van der Waals surface area contributed by atoms with E-state index in [2.05, 4.69) is 0 Å². The molecule has 2 aliphatic rings. The molecule has 0 saturated carbocycles. The van der Waals surface area contributed by atoms with Crippen LogP contribution in [0.5, 0.6) is 0 Å². The third kappa shape index (κ3) is 2.47.